The molecule has 0 aliphatic rings. The van der Waals surface area contributed by atoms with E-state index in [4.69, 9.17) is 13.8 Å². The van der Waals surface area contributed by atoms with E-state index in [0.717, 1.165) is 5.56 Å². The number of hydrogen-bond donors (Lipinski definition) is 1. The quantitative estimate of drug-likeness (QED) is 0.704. The second kappa shape index (κ2) is 7.22. The van der Waals surface area contributed by atoms with Crippen molar-refractivity contribution in [2.75, 3.05) is 7.05 Å². The molecule has 1 N–H and O–H groups in total. The Morgan fingerprint density at radius 3 is 2.67 bits per heavy atom. The smallest absolute Gasteiger partial charge is 0.261 e. The first-order valence-electron chi connectivity index (χ1n) is 7.67. The monoisotopic (exact) mass is 329 g/mol. The molecule has 126 valence electrons. The predicted octanol–water partition coefficient (Wildman–Crippen LogP) is 2.16. The van der Waals surface area contributed by atoms with E-state index in [-0.39, 0.29) is 12.6 Å². The fourth-order valence-corrected chi connectivity index (χ4v) is 2.13. The second-order valence-corrected chi connectivity index (χ2v) is 5.42. The Labute approximate surface area is 139 Å². The van der Waals surface area contributed by atoms with Crippen LogP contribution in [0.1, 0.15) is 24.5 Å². The lowest BCUT2D eigenvalue weighted by Gasteiger charge is -2.07. The van der Waals surface area contributed by atoms with Gasteiger partial charge in [0.2, 0.25) is 11.7 Å². The average Bonchev–Trinajstić information content (AvgIpc) is 3.22. The molecule has 2 heterocycles. The summed E-state index contributed by atoms with van der Waals surface area (Å²) in [5, 5.41) is 11.0. The van der Waals surface area contributed by atoms with Gasteiger partial charge in [-0.3, -0.25) is 0 Å². The topological polar surface area (TPSA) is 99.1 Å². The minimum absolute atomic E-state index is 0.201. The Morgan fingerprint density at radius 1 is 1.12 bits per heavy atom. The molecule has 0 saturated carbocycles. The van der Waals surface area contributed by atoms with Crippen LogP contribution in [0.15, 0.2) is 33.3 Å². The number of rotatable bonds is 7. The fraction of sp³-hybridized carbons (Fsp3) is 0.375. The van der Waals surface area contributed by atoms with Crippen molar-refractivity contribution in [1.29, 1.82) is 0 Å². The molecule has 1 atom stereocenters. The third kappa shape index (κ3) is 3.77. The van der Waals surface area contributed by atoms with E-state index in [2.05, 4.69) is 32.5 Å². The van der Waals surface area contributed by atoms with Gasteiger partial charge in [-0.15, -0.1) is 0 Å². The van der Waals surface area contributed by atoms with Gasteiger partial charge in [-0.25, -0.2) is 0 Å². The molecule has 8 heteroatoms. The minimum atomic E-state index is 0.201. The van der Waals surface area contributed by atoms with Crippen molar-refractivity contribution >= 4 is 0 Å². The van der Waals surface area contributed by atoms with Gasteiger partial charge in [-0.05, 0) is 26.1 Å². The maximum Gasteiger partial charge on any atom is 0.261 e. The van der Waals surface area contributed by atoms with Crippen LogP contribution in [-0.4, -0.2) is 33.4 Å². The summed E-state index contributed by atoms with van der Waals surface area (Å²) < 4.78 is 16.1. The van der Waals surface area contributed by atoms with Crippen molar-refractivity contribution in [2.45, 2.75) is 32.9 Å². The lowest BCUT2D eigenvalue weighted by Crippen LogP contribution is -2.24. The summed E-state index contributed by atoms with van der Waals surface area (Å²) in [6, 6.07) is 7.74. The van der Waals surface area contributed by atoms with Crippen molar-refractivity contribution in [3.8, 4) is 17.2 Å². The summed E-state index contributed by atoms with van der Waals surface area (Å²) in [5.41, 5.74) is 0.730. The summed E-state index contributed by atoms with van der Waals surface area (Å²) >= 11 is 0. The highest BCUT2D eigenvalue weighted by atomic mass is 16.5. The highest BCUT2D eigenvalue weighted by Crippen LogP contribution is 2.29. The van der Waals surface area contributed by atoms with Crippen LogP contribution in [-0.2, 0) is 13.0 Å². The molecule has 0 fully saturated rings. The summed E-state index contributed by atoms with van der Waals surface area (Å²) in [6.45, 7) is 3.99. The zero-order valence-electron chi connectivity index (χ0n) is 13.8. The molecule has 3 aromatic rings. The molecule has 0 aliphatic heterocycles. The van der Waals surface area contributed by atoms with Gasteiger partial charge in [0.1, 0.15) is 5.75 Å². The number of nitrogens with zero attached hydrogens (tertiary/aromatic N) is 4. The van der Waals surface area contributed by atoms with Crippen LogP contribution in [0.3, 0.4) is 0 Å². The normalized spacial score (nSPS) is 12.3. The zero-order chi connectivity index (χ0) is 16.9. The molecule has 0 aliphatic carbocycles. The van der Waals surface area contributed by atoms with Gasteiger partial charge < -0.3 is 19.1 Å². The van der Waals surface area contributed by atoms with E-state index in [1.807, 2.05) is 31.3 Å². The van der Waals surface area contributed by atoms with Crippen LogP contribution in [0.2, 0.25) is 0 Å². The third-order valence-corrected chi connectivity index (χ3v) is 3.49. The van der Waals surface area contributed by atoms with Crippen LogP contribution in [0.4, 0.5) is 0 Å². The van der Waals surface area contributed by atoms with Gasteiger partial charge in [0.05, 0.1) is 5.56 Å². The molecule has 8 nitrogen and oxygen atoms in total. The molecule has 0 radical (unpaired) electrons. The number of para-hydroxylation sites is 1. The Balaban J connectivity index is 1.76. The lowest BCUT2D eigenvalue weighted by atomic mass is 10.2. The SMILES string of the molecule is CNC(C)Cc1noc(-c2ccccc2OCc2noc(C)n2)n1. The van der Waals surface area contributed by atoms with Gasteiger partial charge in [0.25, 0.3) is 5.89 Å². The maximum atomic E-state index is 5.78. The highest BCUT2D eigenvalue weighted by molar-refractivity contribution is 5.62. The zero-order valence-corrected chi connectivity index (χ0v) is 13.8. The van der Waals surface area contributed by atoms with E-state index < -0.39 is 0 Å². The second-order valence-electron chi connectivity index (χ2n) is 5.42. The molecule has 2 aromatic heterocycles. The Kier molecular flexibility index (Phi) is 4.85. The summed E-state index contributed by atoms with van der Waals surface area (Å²) in [4.78, 5) is 8.55. The van der Waals surface area contributed by atoms with E-state index >= 15 is 0 Å². The number of nitrogens with one attached hydrogen (secondary N) is 1. The van der Waals surface area contributed by atoms with Crippen molar-refractivity contribution in [3.05, 3.63) is 41.8 Å². The van der Waals surface area contributed by atoms with E-state index in [1.54, 1.807) is 6.92 Å². The number of ether oxygens (including phenoxy) is 1. The van der Waals surface area contributed by atoms with Crippen molar-refractivity contribution in [3.63, 3.8) is 0 Å². The molecule has 0 bridgehead atoms. The molecule has 0 spiro atoms. The first-order valence-corrected chi connectivity index (χ1v) is 7.67. The van der Waals surface area contributed by atoms with Gasteiger partial charge in [-0.2, -0.15) is 9.97 Å². The van der Waals surface area contributed by atoms with E-state index in [9.17, 15) is 0 Å². The van der Waals surface area contributed by atoms with Crippen LogP contribution < -0.4 is 10.1 Å². The maximum absolute atomic E-state index is 5.78. The molecule has 1 aromatic carbocycles. The molecule has 0 amide bonds. The van der Waals surface area contributed by atoms with Gasteiger partial charge >= 0.3 is 0 Å². The third-order valence-electron chi connectivity index (χ3n) is 3.49. The lowest BCUT2D eigenvalue weighted by molar-refractivity contribution is 0.285. The first-order chi connectivity index (χ1) is 11.7. The average molecular weight is 329 g/mol. The number of hydrogen-bond acceptors (Lipinski definition) is 8. The molecule has 3 rings (SSSR count). The molecular formula is C16H19N5O3. The van der Waals surface area contributed by atoms with Gasteiger partial charge in [0.15, 0.2) is 12.4 Å². The largest absolute Gasteiger partial charge is 0.485 e. The van der Waals surface area contributed by atoms with Crippen molar-refractivity contribution in [2.24, 2.45) is 0 Å². The Bertz CT molecular complexity index is 798. The molecule has 1 unspecified atom stereocenters. The predicted molar refractivity (Wildman–Crippen MR) is 85.3 cm³/mol. The Morgan fingerprint density at radius 2 is 1.92 bits per heavy atom. The molecular weight excluding hydrogens is 310 g/mol. The van der Waals surface area contributed by atoms with Crippen LogP contribution in [0, 0.1) is 6.92 Å². The number of aryl methyl sites for hydroxylation is 1. The van der Waals surface area contributed by atoms with Crippen LogP contribution in [0.25, 0.3) is 11.5 Å². The number of aromatic nitrogens is 4. The van der Waals surface area contributed by atoms with Gasteiger partial charge in [-0.1, -0.05) is 22.4 Å². The van der Waals surface area contributed by atoms with E-state index in [1.165, 1.54) is 0 Å². The van der Waals surface area contributed by atoms with Crippen molar-refractivity contribution in [1.82, 2.24) is 25.6 Å². The van der Waals surface area contributed by atoms with Crippen LogP contribution >= 0.6 is 0 Å². The summed E-state index contributed by atoms with van der Waals surface area (Å²) in [5.74, 6) is 2.68. The summed E-state index contributed by atoms with van der Waals surface area (Å²) in [7, 11) is 1.90. The number of benzene rings is 1. The fourth-order valence-electron chi connectivity index (χ4n) is 2.13. The molecule has 0 saturated heterocycles. The standard InChI is InChI=1S/C16H19N5O3/c1-10(17-3)8-14-19-16(24-20-14)12-6-4-5-7-13(12)22-9-15-18-11(2)23-21-15/h4-7,10,17H,8-9H2,1-3H3. The molecule has 24 heavy (non-hydrogen) atoms. The minimum Gasteiger partial charge on any atom is -0.485 e. The first kappa shape index (κ1) is 16.1. The highest BCUT2D eigenvalue weighted by Gasteiger charge is 2.15. The number of likely N-dealkylation sites (N-methyl/N-ethyl adjacent to an activating group) is 1. The van der Waals surface area contributed by atoms with Gasteiger partial charge in [0, 0.05) is 19.4 Å². The van der Waals surface area contributed by atoms with E-state index in [0.29, 0.717) is 35.6 Å². The van der Waals surface area contributed by atoms with Crippen LogP contribution in [0.5, 0.6) is 5.75 Å². The summed E-state index contributed by atoms with van der Waals surface area (Å²) in [6.07, 6.45) is 0.686. The van der Waals surface area contributed by atoms with Crippen molar-refractivity contribution < 1.29 is 13.8 Å². The Hall–Kier alpha value is -2.74.